The first-order chi connectivity index (χ1) is 22.9. The number of hydrogen-bond acceptors (Lipinski definition) is 7. The molecule has 1 amide bonds. The molecule has 0 spiro atoms. The van der Waals surface area contributed by atoms with Crippen LogP contribution in [-0.4, -0.2) is 64.8 Å². The normalized spacial score (nSPS) is 27.8. The predicted molar refractivity (Wildman–Crippen MR) is 196 cm³/mol. The molecule has 1 aromatic heterocycles. The van der Waals surface area contributed by atoms with Crippen LogP contribution in [0.2, 0.25) is 5.02 Å². The first kappa shape index (κ1) is 39.6. The number of aryl methyl sites for hydroxylation is 1. The average Bonchev–Trinajstić information content (AvgIpc) is 3.06. The topological polar surface area (TPSA) is 101 Å². The van der Waals surface area contributed by atoms with E-state index in [-0.39, 0.29) is 28.9 Å². The maximum absolute atomic E-state index is 13.2. The molecule has 7 unspecified atom stereocenters. The molecule has 48 heavy (non-hydrogen) atoms. The lowest BCUT2D eigenvalue weighted by Gasteiger charge is -2.45. The van der Waals surface area contributed by atoms with Crippen molar-refractivity contribution in [3.05, 3.63) is 100 Å². The van der Waals surface area contributed by atoms with Crippen molar-refractivity contribution in [3.63, 3.8) is 0 Å². The Morgan fingerprint density at radius 3 is 2.48 bits per heavy atom. The maximum atomic E-state index is 13.2. The number of rotatable bonds is 7. The van der Waals surface area contributed by atoms with Gasteiger partial charge in [0, 0.05) is 74.6 Å². The van der Waals surface area contributed by atoms with Gasteiger partial charge in [-0.25, -0.2) is 4.21 Å². The van der Waals surface area contributed by atoms with Gasteiger partial charge >= 0.3 is 0 Å². The number of aliphatic hydroxyl groups is 1. The van der Waals surface area contributed by atoms with Crippen LogP contribution in [0.15, 0.2) is 72.7 Å². The van der Waals surface area contributed by atoms with Crippen LogP contribution >= 0.6 is 11.6 Å². The van der Waals surface area contributed by atoms with Crippen LogP contribution < -0.4 is 4.72 Å². The number of carbonyl (C=O) groups excluding carboxylic acids is 1. The molecular weight excluding hydrogens is 646 g/mol. The van der Waals surface area contributed by atoms with E-state index in [2.05, 4.69) is 66.2 Å². The second kappa shape index (κ2) is 18.8. The molecule has 4 rings (SSSR count). The third-order valence-electron chi connectivity index (χ3n) is 9.85. The number of benzene rings is 1. The second-order valence-electron chi connectivity index (χ2n) is 13.1. The van der Waals surface area contributed by atoms with Gasteiger partial charge in [-0.1, -0.05) is 50.2 Å². The molecule has 8 nitrogen and oxygen atoms in total. The van der Waals surface area contributed by atoms with Crippen molar-refractivity contribution >= 4 is 28.5 Å². The molecule has 1 aliphatic heterocycles. The Bertz CT molecular complexity index is 1480. The lowest BCUT2D eigenvalue weighted by molar-refractivity contribution is -0.115. The lowest BCUT2D eigenvalue weighted by Crippen LogP contribution is -2.41. The van der Waals surface area contributed by atoms with E-state index in [1.807, 2.05) is 31.3 Å². The van der Waals surface area contributed by atoms with Crippen molar-refractivity contribution in [3.8, 4) is 0 Å². The third-order valence-corrected chi connectivity index (χ3v) is 11.6. The van der Waals surface area contributed by atoms with Crippen LogP contribution in [0.1, 0.15) is 87.3 Å². The molecule has 1 aromatic carbocycles. The van der Waals surface area contributed by atoms with Crippen molar-refractivity contribution in [2.24, 2.45) is 17.8 Å². The number of allylic oxidation sites excluding steroid dienone is 3. The number of hydrogen-bond donors (Lipinski definition) is 2. The van der Waals surface area contributed by atoms with Gasteiger partial charge in [-0.3, -0.25) is 14.5 Å². The van der Waals surface area contributed by atoms with Gasteiger partial charge in [0.25, 0.3) is 5.91 Å². The first-order valence-electron chi connectivity index (χ1n) is 16.6. The number of nitrogens with one attached hydrogen (secondary N) is 1. The highest BCUT2D eigenvalue weighted by Gasteiger charge is 2.38. The quantitative estimate of drug-likeness (QED) is 0.230. The summed E-state index contributed by atoms with van der Waals surface area (Å²) < 4.78 is 27.0. The molecule has 0 radical (unpaired) electrons. The fraction of sp³-hybridized carbons (Fsp3) is 0.526. The Labute approximate surface area is 295 Å². The van der Waals surface area contributed by atoms with Gasteiger partial charge in [0.1, 0.15) is 11.0 Å². The van der Waals surface area contributed by atoms with E-state index in [0.29, 0.717) is 17.4 Å². The summed E-state index contributed by atoms with van der Waals surface area (Å²) in [6.07, 6.45) is 12.6. The number of ether oxygens (including phenoxy) is 2. The molecule has 2 aliphatic rings. The van der Waals surface area contributed by atoms with E-state index >= 15 is 0 Å². The van der Waals surface area contributed by atoms with Crippen molar-refractivity contribution < 1.29 is 23.6 Å². The Hall–Kier alpha value is -2.82. The lowest BCUT2D eigenvalue weighted by atomic mass is 9.65. The molecule has 2 aromatic rings. The largest absolute Gasteiger partial charge is 0.400 e. The van der Waals surface area contributed by atoms with Crippen LogP contribution in [0.3, 0.4) is 0 Å². The molecule has 264 valence electrons. The second-order valence-corrected chi connectivity index (χ2v) is 15.1. The van der Waals surface area contributed by atoms with Gasteiger partial charge in [0.15, 0.2) is 6.29 Å². The highest BCUT2D eigenvalue weighted by atomic mass is 35.5. The maximum Gasteiger partial charge on any atom is 0.258 e. The van der Waals surface area contributed by atoms with Gasteiger partial charge in [-0.05, 0) is 105 Å². The molecule has 0 bridgehead atoms. The molecule has 10 heteroatoms. The minimum absolute atomic E-state index is 0.103. The first-order valence-corrected chi connectivity index (χ1v) is 18.2. The summed E-state index contributed by atoms with van der Waals surface area (Å²) in [6, 6.07) is 8.21. The number of halogens is 1. The number of methoxy groups -OCH3 is 2. The number of nitrogens with zero attached hydrogens (tertiary/aromatic N) is 2. The summed E-state index contributed by atoms with van der Waals surface area (Å²) in [5.74, 6) is 0.918. The number of fused-ring (bicyclic) bond motifs is 1. The Morgan fingerprint density at radius 2 is 1.85 bits per heavy atom. The highest BCUT2D eigenvalue weighted by Crippen LogP contribution is 2.46. The molecule has 7 atom stereocenters. The zero-order valence-electron chi connectivity index (χ0n) is 29.7. The smallest absolute Gasteiger partial charge is 0.258 e. The average molecular weight is 700 g/mol. The van der Waals surface area contributed by atoms with E-state index in [9.17, 15) is 9.00 Å². The summed E-state index contributed by atoms with van der Waals surface area (Å²) in [6.45, 7) is 16.1. The summed E-state index contributed by atoms with van der Waals surface area (Å²) in [4.78, 5) is 20.0. The van der Waals surface area contributed by atoms with Crippen molar-refractivity contribution in [2.45, 2.75) is 77.3 Å². The van der Waals surface area contributed by atoms with E-state index in [4.69, 9.17) is 26.2 Å². The Morgan fingerprint density at radius 1 is 1.15 bits per heavy atom. The summed E-state index contributed by atoms with van der Waals surface area (Å²) in [5, 5.41) is 7.51. The standard InChI is InChI=1S/C37H50ClN3O4S.CH4O/c1-23-10-9-11-34(30-18-31(20-39-19-30)37(44-7)45-8)35-14-12-29(35)22-41(21-26(4)33-15-13-32(38)17-24(33)2)27(5)16-25(3)36(42)40-46(43)28(23)6;1-2/h9,11,13,15-20,23,26,28-29,34-35,37H,5,10,12,14,21-22H2,1-4,6-8H3,(H,40,42);2H,1H3/b11-9+,25-16+;. The summed E-state index contributed by atoms with van der Waals surface area (Å²) in [5.41, 5.74) is 5.67. The van der Waals surface area contributed by atoms with E-state index in [0.717, 1.165) is 66.9 Å². The van der Waals surface area contributed by atoms with Gasteiger partial charge in [0.2, 0.25) is 0 Å². The molecular formula is C38H54ClN3O5S. The van der Waals surface area contributed by atoms with E-state index in [1.54, 1.807) is 27.3 Å². The number of pyridine rings is 1. The van der Waals surface area contributed by atoms with Gasteiger partial charge < -0.3 is 19.5 Å². The van der Waals surface area contributed by atoms with Crippen LogP contribution in [0.25, 0.3) is 0 Å². The fourth-order valence-electron chi connectivity index (χ4n) is 6.68. The van der Waals surface area contributed by atoms with Crippen molar-refractivity contribution in [1.82, 2.24) is 14.6 Å². The summed E-state index contributed by atoms with van der Waals surface area (Å²) in [7, 11) is 2.74. The van der Waals surface area contributed by atoms with Gasteiger partial charge in [-0.2, -0.15) is 0 Å². The fourth-order valence-corrected chi connectivity index (χ4v) is 7.97. The van der Waals surface area contributed by atoms with Crippen molar-refractivity contribution in [1.29, 1.82) is 0 Å². The van der Waals surface area contributed by atoms with Crippen LogP contribution in [-0.2, 0) is 25.3 Å². The number of amides is 1. The van der Waals surface area contributed by atoms with E-state index in [1.165, 1.54) is 5.56 Å². The molecule has 1 aliphatic carbocycles. The van der Waals surface area contributed by atoms with Gasteiger partial charge in [-0.15, -0.1) is 0 Å². The number of aliphatic hydroxyl groups excluding tert-OH is 1. The molecule has 2 heterocycles. The molecule has 2 N–H and O–H groups in total. The summed E-state index contributed by atoms with van der Waals surface area (Å²) >= 11 is 6.28. The Balaban J connectivity index is 0.00000307. The third kappa shape index (κ3) is 10.1. The highest BCUT2D eigenvalue weighted by molar-refractivity contribution is 7.84. The zero-order valence-corrected chi connectivity index (χ0v) is 31.3. The zero-order chi connectivity index (χ0) is 35.5. The van der Waals surface area contributed by atoms with Crippen LogP contribution in [0.4, 0.5) is 0 Å². The number of aromatic nitrogens is 1. The molecule has 1 fully saturated rings. The monoisotopic (exact) mass is 699 g/mol. The van der Waals surface area contributed by atoms with Crippen LogP contribution in [0, 0.1) is 24.7 Å². The minimum atomic E-state index is -1.53. The SMILES string of the molecule is C=C1/C=C(\C)C(=O)NS(=O)C(C)C(C)C/C=C/C(c2cncc(C(OC)OC)c2)C2CCC2CN1CC(C)c1ccc(Cl)cc1C.CO. The molecule has 0 saturated heterocycles. The minimum Gasteiger partial charge on any atom is -0.400 e. The van der Waals surface area contributed by atoms with Gasteiger partial charge in [0.05, 0.1) is 5.25 Å². The van der Waals surface area contributed by atoms with Crippen LogP contribution in [0.5, 0.6) is 0 Å². The molecule has 1 saturated carbocycles. The predicted octanol–water partition coefficient (Wildman–Crippen LogP) is 7.38. The van der Waals surface area contributed by atoms with Crippen molar-refractivity contribution in [2.75, 3.05) is 34.4 Å². The number of carbonyl (C=O) groups is 1. The van der Waals surface area contributed by atoms with E-state index < -0.39 is 17.3 Å². The Kier molecular flexibility index (Phi) is 15.5.